The van der Waals surface area contributed by atoms with Gasteiger partial charge in [0.15, 0.2) is 0 Å². The summed E-state index contributed by atoms with van der Waals surface area (Å²) in [5.41, 5.74) is 2.17. The highest BCUT2D eigenvalue weighted by molar-refractivity contribution is 5.71. The normalized spacial score (nSPS) is 18.6. The number of cyclic esters (lactones) is 1. The van der Waals surface area contributed by atoms with Crippen LogP contribution in [0.5, 0.6) is 11.5 Å². The summed E-state index contributed by atoms with van der Waals surface area (Å²) in [7, 11) is 3.27. The van der Waals surface area contributed by atoms with Crippen LogP contribution in [0.15, 0.2) is 12.1 Å². The van der Waals surface area contributed by atoms with Crippen LogP contribution >= 0.6 is 0 Å². The summed E-state index contributed by atoms with van der Waals surface area (Å²) in [5, 5.41) is 0. The molecule has 1 saturated heterocycles. The number of hydrogen-bond donors (Lipinski definition) is 0. The summed E-state index contributed by atoms with van der Waals surface area (Å²) >= 11 is 0. The molecule has 4 heteroatoms. The van der Waals surface area contributed by atoms with Gasteiger partial charge in [0.25, 0.3) is 0 Å². The Kier molecular flexibility index (Phi) is 3.75. The molecule has 0 spiro atoms. The number of ether oxygens (including phenoxy) is 3. The first-order chi connectivity index (χ1) is 8.63. The molecule has 0 aliphatic carbocycles. The van der Waals surface area contributed by atoms with Gasteiger partial charge < -0.3 is 14.2 Å². The van der Waals surface area contributed by atoms with E-state index in [1.165, 1.54) is 0 Å². The Morgan fingerprint density at radius 3 is 2.67 bits per heavy atom. The minimum absolute atomic E-state index is 0.0292. The van der Waals surface area contributed by atoms with Crippen LogP contribution < -0.4 is 9.47 Å². The molecule has 1 unspecified atom stereocenters. The molecule has 1 fully saturated rings. The highest BCUT2D eigenvalue weighted by atomic mass is 16.5. The third-order valence-corrected chi connectivity index (χ3v) is 3.26. The highest BCUT2D eigenvalue weighted by Crippen LogP contribution is 2.31. The number of hydrogen-bond acceptors (Lipinski definition) is 4. The Hall–Kier alpha value is -1.71. The Balaban J connectivity index is 2.23. The topological polar surface area (TPSA) is 44.8 Å². The molecule has 1 aromatic rings. The molecule has 0 aromatic heterocycles. The third-order valence-electron chi connectivity index (χ3n) is 3.26. The summed E-state index contributed by atoms with van der Waals surface area (Å²) in [4.78, 5) is 11.1. The predicted molar refractivity (Wildman–Crippen MR) is 67.1 cm³/mol. The quantitative estimate of drug-likeness (QED) is 0.769. The van der Waals surface area contributed by atoms with Crippen LogP contribution in [0, 0.1) is 6.92 Å². The summed E-state index contributed by atoms with van der Waals surface area (Å²) in [5.74, 6) is 1.46. The van der Waals surface area contributed by atoms with Gasteiger partial charge in [0, 0.05) is 24.5 Å². The van der Waals surface area contributed by atoms with Gasteiger partial charge in [-0.05, 0) is 25.0 Å². The number of aryl methyl sites for hydroxylation is 1. The van der Waals surface area contributed by atoms with E-state index in [1.807, 2.05) is 19.1 Å². The molecular formula is C14H18O4. The van der Waals surface area contributed by atoms with Crippen molar-refractivity contribution in [2.24, 2.45) is 0 Å². The molecule has 1 atom stereocenters. The maximum absolute atomic E-state index is 11.1. The Morgan fingerprint density at radius 2 is 2.11 bits per heavy atom. The number of esters is 1. The van der Waals surface area contributed by atoms with Crippen LogP contribution in [0.4, 0.5) is 0 Å². The lowest BCUT2D eigenvalue weighted by molar-refractivity contribution is -0.141. The smallest absolute Gasteiger partial charge is 0.306 e. The van der Waals surface area contributed by atoms with E-state index in [-0.39, 0.29) is 12.1 Å². The second-order valence-corrected chi connectivity index (χ2v) is 4.48. The van der Waals surface area contributed by atoms with Crippen LogP contribution in [-0.2, 0) is 16.0 Å². The Bertz CT molecular complexity index is 453. The molecule has 0 amide bonds. The van der Waals surface area contributed by atoms with E-state index in [1.54, 1.807) is 14.2 Å². The van der Waals surface area contributed by atoms with Crippen LogP contribution in [-0.4, -0.2) is 26.3 Å². The molecule has 0 saturated carbocycles. The summed E-state index contributed by atoms with van der Waals surface area (Å²) in [6, 6.07) is 3.83. The Morgan fingerprint density at radius 1 is 1.33 bits per heavy atom. The van der Waals surface area contributed by atoms with E-state index >= 15 is 0 Å². The van der Waals surface area contributed by atoms with Gasteiger partial charge in [0.1, 0.15) is 17.6 Å². The van der Waals surface area contributed by atoms with Gasteiger partial charge in [-0.1, -0.05) is 0 Å². The maximum atomic E-state index is 11.1. The predicted octanol–water partition coefficient (Wildman–Crippen LogP) is 2.26. The van der Waals surface area contributed by atoms with E-state index in [4.69, 9.17) is 14.2 Å². The molecule has 1 aliphatic heterocycles. The fourth-order valence-electron chi connectivity index (χ4n) is 2.27. The lowest BCUT2D eigenvalue weighted by atomic mass is 9.99. The lowest BCUT2D eigenvalue weighted by Gasteiger charge is -2.16. The molecule has 2 rings (SSSR count). The van der Waals surface area contributed by atoms with Gasteiger partial charge in [0.2, 0.25) is 0 Å². The van der Waals surface area contributed by atoms with E-state index < -0.39 is 0 Å². The first kappa shape index (κ1) is 12.7. The second kappa shape index (κ2) is 5.29. The van der Waals surface area contributed by atoms with Crippen LogP contribution in [0.3, 0.4) is 0 Å². The fraction of sp³-hybridized carbons (Fsp3) is 0.500. The third kappa shape index (κ3) is 2.58. The largest absolute Gasteiger partial charge is 0.497 e. The van der Waals surface area contributed by atoms with Crippen LogP contribution in [0.1, 0.15) is 24.0 Å². The van der Waals surface area contributed by atoms with Gasteiger partial charge >= 0.3 is 5.97 Å². The first-order valence-electron chi connectivity index (χ1n) is 6.05. The number of methoxy groups -OCH3 is 2. The lowest BCUT2D eigenvalue weighted by Crippen LogP contribution is -2.12. The van der Waals surface area contributed by atoms with Crippen molar-refractivity contribution in [2.75, 3.05) is 14.2 Å². The van der Waals surface area contributed by atoms with Gasteiger partial charge in [-0.3, -0.25) is 4.79 Å². The summed E-state index contributed by atoms with van der Waals surface area (Å²) < 4.78 is 15.9. The van der Waals surface area contributed by atoms with Crippen molar-refractivity contribution in [3.63, 3.8) is 0 Å². The SMILES string of the molecule is COc1cc(C)c(CC2CCC(=O)O2)c(OC)c1. The molecule has 0 radical (unpaired) electrons. The molecule has 0 bridgehead atoms. The fourth-order valence-corrected chi connectivity index (χ4v) is 2.27. The zero-order chi connectivity index (χ0) is 13.1. The van der Waals surface area contributed by atoms with Gasteiger partial charge in [0.05, 0.1) is 14.2 Å². The molecule has 98 valence electrons. The Labute approximate surface area is 107 Å². The van der Waals surface area contributed by atoms with Gasteiger partial charge in [-0.2, -0.15) is 0 Å². The van der Waals surface area contributed by atoms with Gasteiger partial charge in [-0.15, -0.1) is 0 Å². The van der Waals surface area contributed by atoms with Crippen molar-refractivity contribution < 1.29 is 19.0 Å². The van der Waals surface area contributed by atoms with Crippen molar-refractivity contribution in [2.45, 2.75) is 32.3 Å². The standard InChI is InChI=1S/C14H18O4/c1-9-6-11(16-2)8-13(17-3)12(9)7-10-4-5-14(15)18-10/h6,8,10H,4-5,7H2,1-3H3. The van der Waals surface area contributed by atoms with Crippen LogP contribution in [0.25, 0.3) is 0 Å². The number of rotatable bonds is 4. The monoisotopic (exact) mass is 250 g/mol. The summed E-state index contributed by atoms with van der Waals surface area (Å²) in [6.45, 7) is 2.01. The van der Waals surface area contributed by atoms with Crippen molar-refractivity contribution in [3.05, 3.63) is 23.3 Å². The number of carbonyl (C=O) groups excluding carboxylic acids is 1. The average Bonchev–Trinajstić information content (AvgIpc) is 2.77. The number of carbonyl (C=O) groups is 1. The minimum atomic E-state index is -0.106. The molecule has 1 aliphatic rings. The molecule has 18 heavy (non-hydrogen) atoms. The van der Waals surface area contributed by atoms with E-state index in [2.05, 4.69) is 0 Å². The number of benzene rings is 1. The van der Waals surface area contributed by atoms with Crippen molar-refractivity contribution >= 4 is 5.97 Å². The minimum Gasteiger partial charge on any atom is -0.497 e. The van der Waals surface area contributed by atoms with E-state index in [0.29, 0.717) is 12.8 Å². The average molecular weight is 250 g/mol. The van der Waals surface area contributed by atoms with Crippen molar-refractivity contribution in [3.8, 4) is 11.5 Å². The molecule has 1 aromatic carbocycles. The first-order valence-corrected chi connectivity index (χ1v) is 6.05. The van der Waals surface area contributed by atoms with Crippen molar-refractivity contribution in [1.29, 1.82) is 0 Å². The van der Waals surface area contributed by atoms with Crippen LogP contribution in [0.2, 0.25) is 0 Å². The second-order valence-electron chi connectivity index (χ2n) is 4.48. The zero-order valence-corrected chi connectivity index (χ0v) is 11.0. The van der Waals surface area contributed by atoms with Crippen molar-refractivity contribution in [1.82, 2.24) is 0 Å². The van der Waals surface area contributed by atoms with E-state index in [9.17, 15) is 4.79 Å². The molecule has 0 N–H and O–H groups in total. The zero-order valence-electron chi connectivity index (χ0n) is 11.0. The summed E-state index contributed by atoms with van der Waals surface area (Å²) in [6.07, 6.45) is 1.97. The molecule has 1 heterocycles. The maximum Gasteiger partial charge on any atom is 0.306 e. The molecular weight excluding hydrogens is 232 g/mol. The van der Waals surface area contributed by atoms with E-state index in [0.717, 1.165) is 29.0 Å². The molecule has 4 nitrogen and oxygen atoms in total. The highest BCUT2D eigenvalue weighted by Gasteiger charge is 2.25. The van der Waals surface area contributed by atoms with Gasteiger partial charge in [-0.25, -0.2) is 0 Å².